The lowest BCUT2D eigenvalue weighted by Gasteiger charge is -2.33. The average Bonchev–Trinajstić information content (AvgIpc) is 2.31. The molecule has 106 valence electrons. The van der Waals surface area contributed by atoms with Crippen molar-refractivity contribution in [1.29, 1.82) is 0 Å². The number of hydrogen-bond donors (Lipinski definition) is 1. The van der Waals surface area contributed by atoms with E-state index in [2.05, 4.69) is 6.92 Å². The highest BCUT2D eigenvalue weighted by molar-refractivity contribution is 7.86. The number of nitrogens with two attached hydrogens (primary N) is 1. The van der Waals surface area contributed by atoms with Gasteiger partial charge in [0.05, 0.1) is 5.25 Å². The van der Waals surface area contributed by atoms with Crippen molar-refractivity contribution in [2.75, 3.05) is 19.8 Å². The summed E-state index contributed by atoms with van der Waals surface area (Å²) >= 11 is 0. The van der Waals surface area contributed by atoms with Gasteiger partial charge in [0.25, 0.3) is 0 Å². The van der Waals surface area contributed by atoms with Crippen LogP contribution in [0.5, 0.6) is 0 Å². The highest BCUT2D eigenvalue weighted by atomic mass is 32.2. The van der Waals surface area contributed by atoms with Crippen LogP contribution < -0.4 is 5.73 Å². The molecule has 0 heterocycles. The number of amides is 1. The number of hydrogen-bond acceptors (Lipinski definition) is 3. The van der Waals surface area contributed by atoms with Crippen molar-refractivity contribution in [2.24, 2.45) is 11.7 Å². The first kappa shape index (κ1) is 15.6. The summed E-state index contributed by atoms with van der Waals surface area (Å²) in [5, 5.41) is -0.000741. The highest BCUT2D eigenvalue weighted by Crippen LogP contribution is 2.30. The minimum Gasteiger partial charge on any atom is -0.348 e. The quantitative estimate of drug-likeness (QED) is 0.817. The van der Waals surface area contributed by atoms with Gasteiger partial charge in [0.1, 0.15) is 5.75 Å². The molecule has 1 rings (SSSR count). The Morgan fingerprint density at radius 2 is 2.06 bits per heavy atom. The zero-order chi connectivity index (χ0) is 13.7. The summed E-state index contributed by atoms with van der Waals surface area (Å²) in [5.74, 6) is 0.681. The van der Waals surface area contributed by atoms with Crippen molar-refractivity contribution >= 4 is 16.7 Å². The third-order valence-corrected chi connectivity index (χ3v) is 5.50. The van der Waals surface area contributed by atoms with E-state index in [0.29, 0.717) is 5.92 Å². The number of carbonyl (C=O) groups is 1. The fourth-order valence-corrected chi connectivity index (χ4v) is 4.29. The summed E-state index contributed by atoms with van der Waals surface area (Å²) in [7, 11) is 2.26. The van der Waals surface area contributed by atoms with Crippen LogP contribution in [0, 0.1) is 5.92 Å². The van der Waals surface area contributed by atoms with E-state index in [-0.39, 0.29) is 23.0 Å². The van der Waals surface area contributed by atoms with Crippen LogP contribution in [0.1, 0.15) is 39.0 Å². The van der Waals surface area contributed by atoms with Gasteiger partial charge in [-0.25, -0.2) is 0 Å². The predicted octanol–water partition coefficient (Wildman–Crippen LogP) is 1.12. The molecule has 4 atom stereocenters. The average molecular weight is 274 g/mol. The standard InChI is InChI=1S/C13H26N2O2S/c1-4-5-10-6-7-11(14)12(8-10)18(17)9-13(16)15(2)3/h10-12H,4-9,14H2,1-3H3. The van der Waals surface area contributed by atoms with Gasteiger partial charge in [0.15, 0.2) is 0 Å². The Bertz CT molecular complexity index is 307. The van der Waals surface area contributed by atoms with E-state index >= 15 is 0 Å². The normalized spacial score (nSPS) is 29.9. The van der Waals surface area contributed by atoms with Gasteiger partial charge in [-0.3, -0.25) is 9.00 Å². The topological polar surface area (TPSA) is 63.4 Å². The number of carbonyl (C=O) groups excluding carboxylic acids is 1. The Hall–Kier alpha value is -0.420. The Balaban J connectivity index is 2.56. The zero-order valence-corrected chi connectivity index (χ0v) is 12.5. The summed E-state index contributed by atoms with van der Waals surface area (Å²) in [6.45, 7) is 2.18. The van der Waals surface area contributed by atoms with Crippen LogP contribution in [-0.4, -0.2) is 46.2 Å². The molecule has 5 heteroatoms. The maximum Gasteiger partial charge on any atom is 0.234 e. The van der Waals surface area contributed by atoms with Gasteiger partial charge in [0.2, 0.25) is 5.91 Å². The second-order valence-electron chi connectivity index (χ2n) is 5.48. The molecule has 0 saturated heterocycles. The molecule has 0 aromatic heterocycles. The van der Waals surface area contributed by atoms with Gasteiger partial charge in [-0.1, -0.05) is 19.8 Å². The van der Waals surface area contributed by atoms with Crippen LogP contribution in [0.4, 0.5) is 0 Å². The summed E-state index contributed by atoms with van der Waals surface area (Å²) in [6, 6.07) is -0.00565. The SMILES string of the molecule is CCCC1CCC(N)C(S(=O)CC(=O)N(C)C)C1. The first-order chi connectivity index (χ1) is 8.45. The van der Waals surface area contributed by atoms with Gasteiger partial charge in [-0.2, -0.15) is 0 Å². The van der Waals surface area contributed by atoms with Crippen molar-refractivity contribution in [2.45, 2.75) is 50.3 Å². The van der Waals surface area contributed by atoms with Crippen molar-refractivity contribution in [3.63, 3.8) is 0 Å². The number of rotatable bonds is 5. The molecule has 0 aromatic rings. The van der Waals surface area contributed by atoms with Gasteiger partial charge in [-0.15, -0.1) is 0 Å². The molecule has 0 radical (unpaired) electrons. The molecular weight excluding hydrogens is 248 g/mol. The largest absolute Gasteiger partial charge is 0.348 e. The summed E-state index contributed by atoms with van der Waals surface area (Å²) in [5.41, 5.74) is 6.07. The molecule has 18 heavy (non-hydrogen) atoms. The third kappa shape index (κ3) is 4.35. The van der Waals surface area contributed by atoms with Crippen LogP contribution in [0.25, 0.3) is 0 Å². The second-order valence-corrected chi connectivity index (χ2v) is 7.14. The molecule has 1 fully saturated rings. The van der Waals surface area contributed by atoms with Gasteiger partial charge >= 0.3 is 0 Å². The second kappa shape index (κ2) is 7.24. The first-order valence-corrected chi connectivity index (χ1v) is 8.16. The Morgan fingerprint density at radius 3 is 2.61 bits per heavy atom. The first-order valence-electron chi connectivity index (χ1n) is 6.78. The molecule has 0 aliphatic heterocycles. The van der Waals surface area contributed by atoms with Gasteiger partial charge < -0.3 is 10.6 Å². The van der Waals surface area contributed by atoms with Crippen molar-refractivity contribution < 1.29 is 9.00 Å². The maximum absolute atomic E-state index is 12.3. The van der Waals surface area contributed by atoms with E-state index in [1.807, 2.05) is 0 Å². The molecule has 1 amide bonds. The minimum absolute atomic E-state index is 0.000741. The zero-order valence-electron chi connectivity index (χ0n) is 11.7. The Morgan fingerprint density at radius 1 is 1.39 bits per heavy atom. The van der Waals surface area contributed by atoms with Crippen molar-refractivity contribution in [3.05, 3.63) is 0 Å². The number of nitrogens with zero attached hydrogens (tertiary/aromatic N) is 1. The van der Waals surface area contributed by atoms with E-state index < -0.39 is 10.8 Å². The van der Waals surface area contributed by atoms with Crippen LogP contribution in [-0.2, 0) is 15.6 Å². The van der Waals surface area contributed by atoms with E-state index in [0.717, 1.165) is 25.7 Å². The molecule has 2 N–H and O–H groups in total. The fourth-order valence-electron chi connectivity index (χ4n) is 2.57. The highest BCUT2D eigenvalue weighted by Gasteiger charge is 2.32. The lowest BCUT2D eigenvalue weighted by Crippen LogP contribution is -2.45. The van der Waals surface area contributed by atoms with Crippen molar-refractivity contribution in [1.82, 2.24) is 4.90 Å². The monoisotopic (exact) mass is 274 g/mol. The molecule has 0 bridgehead atoms. The molecule has 1 aliphatic carbocycles. The van der Waals surface area contributed by atoms with Gasteiger partial charge in [0, 0.05) is 30.9 Å². The van der Waals surface area contributed by atoms with E-state index in [1.165, 1.54) is 11.3 Å². The fraction of sp³-hybridized carbons (Fsp3) is 0.923. The summed E-state index contributed by atoms with van der Waals surface area (Å²) in [4.78, 5) is 13.1. The summed E-state index contributed by atoms with van der Waals surface area (Å²) < 4.78 is 12.3. The maximum atomic E-state index is 12.3. The van der Waals surface area contributed by atoms with E-state index in [1.54, 1.807) is 14.1 Å². The molecule has 1 aliphatic rings. The molecule has 4 unspecified atom stereocenters. The molecule has 4 nitrogen and oxygen atoms in total. The van der Waals surface area contributed by atoms with E-state index in [4.69, 9.17) is 5.73 Å². The van der Waals surface area contributed by atoms with Gasteiger partial charge in [-0.05, 0) is 25.2 Å². The Labute approximate surface area is 113 Å². The van der Waals surface area contributed by atoms with Crippen LogP contribution in [0.15, 0.2) is 0 Å². The third-order valence-electron chi connectivity index (χ3n) is 3.75. The molecule has 0 aromatic carbocycles. The molecule has 0 spiro atoms. The Kier molecular flexibility index (Phi) is 6.29. The molecule has 1 saturated carbocycles. The smallest absolute Gasteiger partial charge is 0.234 e. The molecular formula is C13H26N2O2S. The van der Waals surface area contributed by atoms with Crippen molar-refractivity contribution in [3.8, 4) is 0 Å². The van der Waals surface area contributed by atoms with E-state index in [9.17, 15) is 9.00 Å². The minimum atomic E-state index is -1.13. The van der Waals surface area contributed by atoms with Crippen LogP contribution >= 0.6 is 0 Å². The van der Waals surface area contributed by atoms with Crippen LogP contribution in [0.3, 0.4) is 0 Å². The van der Waals surface area contributed by atoms with Crippen LogP contribution in [0.2, 0.25) is 0 Å². The lowest BCUT2D eigenvalue weighted by molar-refractivity contribution is -0.125. The lowest BCUT2D eigenvalue weighted by atomic mass is 9.83. The summed E-state index contributed by atoms with van der Waals surface area (Å²) in [6.07, 6.45) is 5.35. The predicted molar refractivity (Wildman–Crippen MR) is 75.7 cm³/mol.